The fraction of sp³-hybridized carbons (Fsp3) is 0.638. The number of benzene rings is 2. The van der Waals surface area contributed by atoms with Gasteiger partial charge in [-0.3, -0.25) is 34.2 Å². The molecule has 2 aromatic rings. The van der Waals surface area contributed by atoms with E-state index < -0.39 is 76.8 Å². The van der Waals surface area contributed by atoms with Crippen molar-refractivity contribution in [2.24, 2.45) is 29.6 Å². The van der Waals surface area contributed by atoms with E-state index in [1.54, 1.807) is 18.9 Å². The standard InChI is InChI=1S/C47H69F2N5O11/c1-13-29(6)43(52(10)46(58)35(27(2)3)24-39(55)42(28(4)5)51(8)9)40(62-11)25-41(56)53-26-33(65-47(59)64-32-19-17-31(18-20-32)54(60)61)23-38(53)44(63-12)30(7)45(57)50-22-21-34-36(48)15-14-16-37(34)49/h14-20,27-30,33,35,38,40,42-44H,13,21-26H2,1-12H3,(H,50,57)/t29-,30+,33-,35-,38-,40+,42-,43-,44+/m0/s1. The molecule has 0 aliphatic carbocycles. The first kappa shape index (κ1) is 54.3. The molecule has 16 nitrogen and oxygen atoms in total. The Morgan fingerprint density at radius 2 is 1.52 bits per heavy atom. The molecule has 3 amide bonds. The largest absolute Gasteiger partial charge is 0.514 e. The summed E-state index contributed by atoms with van der Waals surface area (Å²) >= 11 is 0. The molecule has 1 fully saturated rings. The minimum Gasteiger partial charge on any atom is -0.429 e. The van der Waals surface area contributed by atoms with Crippen molar-refractivity contribution in [3.8, 4) is 5.75 Å². The van der Waals surface area contributed by atoms with E-state index in [9.17, 15) is 42.9 Å². The molecular formula is C47H69F2N5O11. The Balaban J connectivity index is 1.92. The number of rotatable bonds is 24. The molecule has 0 bridgehead atoms. The van der Waals surface area contributed by atoms with Gasteiger partial charge in [-0.25, -0.2) is 13.6 Å². The summed E-state index contributed by atoms with van der Waals surface area (Å²) < 4.78 is 51.5. The Hall–Kier alpha value is -5.07. The molecule has 1 N–H and O–H groups in total. The molecule has 1 aliphatic heterocycles. The second-order valence-electron chi connectivity index (χ2n) is 17.9. The molecule has 2 aromatic carbocycles. The van der Waals surface area contributed by atoms with Gasteiger partial charge >= 0.3 is 6.16 Å². The molecule has 1 saturated heterocycles. The topological polar surface area (TPSA) is 187 Å². The minimum absolute atomic E-state index is 0.0108. The summed E-state index contributed by atoms with van der Waals surface area (Å²) in [5.41, 5.74) is -0.387. The lowest BCUT2D eigenvalue weighted by molar-refractivity contribution is -0.384. The number of nitro benzene ring substituents is 1. The number of hydrogen-bond donors (Lipinski definition) is 1. The maximum Gasteiger partial charge on any atom is 0.514 e. The summed E-state index contributed by atoms with van der Waals surface area (Å²) in [5, 5.41) is 13.8. The number of nitrogens with zero attached hydrogens (tertiary/aromatic N) is 4. The highest BCUT2D eigenvalue weighted by Gasteiger charge is 2.47. The Bertz CT molecular complexity index is 1910. The van der Waals surface area contributed by atoms with Gasteiger partial charge in [-0.1, -0.05) is 61.0 Å². The third kappa shape index (κ3) is 14.5. The van der Waals surface area contributed by atoms with Crippen molar-refractivity contribution in [2.45, 2.75) is 117 Å². The van der Waals surface area contributed by atoms with Crippen LogP contribution in [0.2, 0.25) is 0 Å². The van der Waals surface area contributed by atoms with E-state index >= 15 is 0 Å². The Kier molecular flexibility index (Phi) is 20.9. The number of methoxy groups -OCH3 is 2. The molecule has 0 saturated carbocycles. The van der Waals surface area contributed by atoms with Crippen LogP contribution < -0.4 is 10.1 Å². The van der Waals surface area contributed by atoms with Crippen molar-refractivity contribution in [2.75, 3.05) is 48.5 Å². The lowest BCUT2D eigenvalue weighted by Gasteiger charge is -2.41. The zero-order chi connectivity index (χ0) is 48.9. The van der Waals surface area contributed by atoms with Crippen molar-refractivity contribution >= 4 is 35.3 Å². The summed E-state index contributed by atoms with van der Waals surface area (Å²) in [6.07, 6.45) is -3.57. The molecule has 1 heterocycles. The van der Waals surface area contributed by atoms with E-state index in [1.165, 1.54) is 37.3 Å². The zero-order valence-corrected chi connectivity index (χ0v) is 39.9. The molecule has 65 heavy (non-hydrogen) atoms. The van der Waals surface area contributed by atoms with E-state index in [4.69, 9.17) is 18.9 Å². The fourth-order valence-corrected chi connectivity index (χ4v) is 8.97. The highest BCUT2D eigenvalue weighted by atomic mass is 19.1. The number of carbonyl (C=O) groups excluding carboxylic acids is 5. The number of ketones is 1. The van der Waals surface area contributed by atoms with Crippen molar-refractivity contribution in [3.05, 3.63) is 69.8 Å². The summed E-state index contributed by atoms with van der Waals surface area (Å²) in [6, 6.07) is 6.48. The van der Waals surface area contributed by atoms with Crippen molar-refractivity contribution < 1.29 is 56.6 Å². The highest BCUT2D eigenvalue weighted by molar-refractivity contribution is 5.90. The van der Waals surface area contributed by atoms with E-state index in [0.29, 0.717) is 6.42 Å². The number of non-ortho nitro benzene ring substituents is 1. The third-order valence-electron chi connectivity index (χ3n) is 12.6. The number of likely N-dealkylation sites (tertiary alicyclic amines) is 1. The maximum atomic E-state index is 14.7. The molecule has 362 valence electrons. The predicted molar refractivity (Wildman–Crippen MR) is 239 cm³/mol. The number of ether oxygens (including phenoxy) is 4. The van der Waals surface area contributed by atoms with E-state index in [-0.39, 0.29) is 91.3 Å². The minimum atomic E-state index is -1.13. The number of likely N-dealkylation sites (N-methyl/N-ethyl adjacent to an activating group) is 2. The van der Waals surface area contributed by atoms with Crippen molar-refractivity contribution in [3.63, 3.8) is 0 Å². The number of Topliss-reactive ketones (excluding diaryl/α,β-unsaturated/α-hetero) is 1. The van der Waals surface area contributed by atoms with Crippen LogP contribution in [0.1, 0.15) is 79.7 Å². The number of nitrogens with one attached hydrogen (secondary N) is 1. The van der Waals surface area contributed by atoms with Crippen LogP contribution in [0.3, 0.4) is 0 Å². The molecule has 18 heteroatoms. The molecule has 0 radical (unpaired) electrons. The van der Waals surface area contributed by atoms with Gasteiger partial charge in [-0.2, -0.15) is 0 Å². The zero-order valence-electron chi connectivity index (χ0n) is 39.9. The quantitative estimate of drug-likeness (QED) is 0.0525. The van der Waals surface area contributed by atoms with Crippen LogP contribution in [0.15, 0.2) is 42.5 Å². The Morgan fingerprint density at radius 3 is 2.03 bits per heavy atom. The summed E-state index contributed by atoms with van der Waals surface area (Å²) in [5.74, 6) is -4.61. The first-order valence-corrected chi connectivity index (χ1v) is 22.2. The van der Waals surface area contributed by atoms with Crippen LogP contribution >= 0.6 is 0 Å². The van der Waals surface area contributed by atoms with Crippen LogP contribution in [0.4, 0.5) is 19.3 Å². The Labute approximate surface area is 381 Å². The average molecular weight is 918 g/mol. The first-order chi connectivity index (χ1) is 30.6. The predicted octanol–water partition coefficient (Wildman–Crippen LogP) is 6.46. The van der Waals surface area contributed by atoms with Gasteiger partial charge in [0.25, 0.3) is 5.69 Å². The van der Waals surface area contributed by atoms with Gasteiger partial charge in [0.2, 0.25) is 17.7 Å². The van der Waals surface area contributed by atoms with Crippen molar-refractivity contribution in [1.29, 1.82) is 0 Å². The molecule has 0 spiro atoms. The smallest absolute Gasteiger partial charge is 0.429 e. The van der Waals surface area contributed by atoms with Crippen LogP contribution in [0.5, 0.6) is 5.75 Å². The van der Waals surface area contributed by atoms with Crippen LogP contribution in [-0.2, 0) is 39.8 Å². The molecule has 0 aromatic heterocycles. The summed E-state index contributed by atoms with van der Waals surface area (Å²) in [4.78, 5) is 84.9. The lowest BCUT2D eigenvalue weighted by Crippen LogP contribution is -2.54. The monoisotopic (exact) mass is 917 g/mol. The highest BCUT2D eigenvalue weighted by Crippen LogP contribution is 2.32. The van der Waals surface area contributed by atoms with E-state index in [2.05, 4.69) is 5.32 Å². The number of halogens is 2. The van der Waals surface area contributed by atoms with Gasteiger partial charge in [0.05, 0.1) is 54.1 Å². The van der Waals surface area contributed by atoms with Crippen LogP contribution in [-0.4, -0.2) is 134 Å². The van der Waals surface area contributed by atoms with Gasteiger partial charge in [-0.15, -0.1) is 0 Å². The van der Waals surface area contributed by atoms with E-state index in [1.807, 2.05) is 60.5 Å². The van der Waals surface area contributed by atoms with Gasteiger partial charge in [0.1, 0.15) is 23.5 Å². The SMILES string of the molecule is CC[C@H](C)[C@@H]([C@@H](CC(=O)N1C[C@@H](OC(=O)Oc2ccc([N+](=O)[O-])cc2)C[C@H]1[C@H](OC)[C@@H](C)C(=O)NCCc1c(F)cccc1F)OC)N(C)C(=O)[C@@H](CC(=O)[C@H](C(C)C)N(C)C)C(C)C. The van der Waals surface area contributed by atoms with Gasteiger partial charge in [-0.05, 0) is 62.5 Å². The summed E-state index contributed by atoms with van der Waals surface area (Å²) in [6.45, 7) is 13.0. The summed E-state index contributed by atoms with van der Waals surface area (Å²) in [7, 11) is 8.19. The lowest BCUT2D eigenvalue weighted by atomic mass is 9.83. The Morgan fingerprint density at radius 1 is 0.908 bits per heavy atom. The second-order valence-corrected chi connectivity index (χ2v) is 17.9. The molecule has 1 aliphatic rings. The number of carbonyl (C=O) groups is 5. The van der Waals surface area contributed by atoms with Crippen molar-refractivity contribution in [1.82, 2.24) is 20.0 Å². The maximum absolute atomic E-state index is 14.7. The molecule has 3 rings (SSSR count). The second kappa shape index (κ2) is 25.0. The van der Waals surface area contributed by atoms with Crippen LogP contribution in [0.25, 0.3) is 0 Å². The fourth-order valence-electron chi connectivity index (χ4n) is 8.97. The third-order valence-corrected chi connectivity index (χ3v) is 12.6. The average Bonchev–Trinajstić information content (AvgIpc) is 3.65. The normalized spacial score (nSPS) is 18.4. The van der Waals surface area contributed by atoms with Crippen LogP contribution in [0, 0.1) is 51.3 Å². The van der Waals surface area contributed by atoms with Gasteiger partial charge < -0.3 is 34.1 Å². The van der Waals surface area contributed by atoms with Gasteiger partial charge in [0.15, 0.2) is 5.78 Å². The molecular weight excluding hydrogens is 849 g/mol. The van der Waals surface area contributed by atoms with E-state index in [0.717, 1.165) is 24.3 Å². The molecule has 0 unspecified atom stereocenters. The number of hydrogen-bond acceptors (Lipinski definition) is 12. The van der Waals surface area contributed by atoms with Gasteiger partial charge in [0, 0.05) is 64.3 Å². The number of amides is 3. The number of nitro groups is 1. The molecule has 9 atom stereocenters. The first-order valence-electron chi connectivity index (χ1n) is 22.2.